The van der Waals surface area contributed by atoms with Gasteiger partial charge in [0.25, 0.3) is 0 Å². The monoisotopic (exact) mass is 310 g/mol. The molecule has 0 bridgehead atoms. The Morgan fingerprint density at radius 3 is 2.81 bits per heavy atom. The zero-order valence-corrected chi connectivity index (χ0v) is 14.1. The van der Waals surface area contributed by atoms with Gasteiger partial charge in [-0.25, -0.2) is 4.98 Å². The van der Waals surface area contributed by atoms with Crippen molar-refractivity contribution in [2.75, 3.05) is 27.3 Å². The van der Waals surface area contributed by atoms with Crippen molar-refractivity contribution < 1.29 is 4.74 Å². The van der Waals surface area contributed by atoms with Gasteiger partial charge in [0, 0.05) is 32.2 Å². The molecule has 118 valence electrons. The molecule has 0 saturated heterocycles. The van der Waals surface area contributed by atoms with Crippen LogP contribution in [0.2, 0.25) is 0 Å². The van der Waals surface area contributed by atoms with Gasteiger partial charge in [-0.3, -0.25) is 4.99 Å². The number of methoxy groups -OCH3 is 1. The summed E-state index contributed by atoms with van der Waals surface area (Å²) in [5, 5.41) is 6.84. The van der Waals surface area contributed by atoms with E-state index in [4.69, 9.17) is 4.74 Å². The smallest absolute Gasteiger partial charge is 0.191 e. The molecule has 1 saturated carbocycles. The molecule has 5 nitrogen and oxygen atoms in total. The van der Waals surface area contributed by atoms with Crippen molar-refractivity contribution in [3.63, 3.8) is 0 Å². The van der Waals surface area contributed by atoms with Crippen LogP contribution in [0, 0.1) is 12.3 Å². The molecule has 1 aliphatic rings. The van der Waals surface area contributed by atoms with E-state index in [1.807, 2.05) is 19.5 Å². The standard InChI is InChI=1S/C15H26N4OS/c1-12-13(21-11-19-12)9-17-14(16-2)18-10-15(5-4-6-15)7-8-20-3/h11H,4-10H2,1-3H3,(H2,16,17,18). The van der Waals surface area contributed by atoms with E-state index in [1.165, 1.54) is 24.1 Å². The molecule has 1 heterocycles. The van der Waals surface area contributed by atoms with Gasteiger partial charge in [0.05, 0.1) is 17.7 Å². The van der Waals surface area contributed by atoms with E-state index in [9.17, 15) is 0 Å². The van der Waals surface area contributed by atoms with Crippen molar-refractivity contribution in [2.24, 2.45) is 10.4 Å². The van der Waals surface area contributed by atoms with E-state index in [2.05, 4.69) is 20.6 Å². The molecule has 1 fully saturated rings. The van der Waals surface area contributed by atoms with Crippen molar-refractivity contribution in [1.29, 1.82) is 0 Å². The number of aromatic nitrogens is 1. The molecular weight excluding hydrogens is 284 g/mol. The molecule has 0 atom stereocenters. The molecule has 0 spiro atoms. The summed E-state index contributed by atoms with van der Waals surface area (Å²) in [6.07, 6.45) is 5.03. The zero-order chi connectivity index (χ0) is 15.1. The zero-order valence-electron chi connectivity index (χ0n) is 13.2. The Morgan fingerprint density at radius 2 is 2.29 bits per heavy atom. The third-order valence-corrected chi connectivity index (χ3v) is 5.30. The fourth-order valence-electron chi connectivity index (χ4n) is 2.66. The number of thiazole rings is 1. The maximum Gasteiger partial charge on any atom is 0.191 e. The minimum absolute atomic E-state index is 0.397. The normalized spacial score (nSPS) is 17.4. The highest BCUT2D eigenvalue weighted by molar-refractivity contribution is 7.09. The van der Waals surface area contributed by atoms with Crippen molar-refractivity contribution in [3.8, 4) is 0 Å². The summed E-state index contributed by atoms with van der Waals surface area (Å²) < 4.78 is 5.24. The van der Waals surface area contributed by atoms with Crippen molar-refractivity contribution in [1.82, 2.24) is 15.6 Å². The van der Waals surface area contributed by atoms with Crippen molar-refractivity contribution in [3.05, 3.63) is 16.1 Å². The molecule has 1 aliphatic carbocycles. The Hall–Kier alpha value is -1.14. The number of hydrogen-bond acceptors (Lipinski definition) is 4. The molecule has 6 heteroatoms. The van der Waals surface area contributed by atoms with Crippen LogP contribution in [0.1, 0.15) is 36.3 Å². The number of ether oxygens (including phenoxy) is 1. The second-order valence-electron chi connectivity index (χ2n) is 5.74. The number of hydrogen-bond donors (Lipinski definition) is 2. The maximum absolute atomic E-state index is 5.24. The quantitative estimate of drug-likeness (QED) is 0.599. The number of nitrogens with one attached hydrogen (secondary N) is 2. The van der Waals surface area contributed by atoms with Gasteiger partial charge in [-0.1, -0.05) is 6.42 Å². The lowest BCUT2D eigenvalue weighted by atomic mass is 9.67. The molecular formula is C15H26N4OS. The number of nitrogens with zero attached hydrogens (tertiary/aromatic N) is 2. The summed E-state index contributed by atoms with van der Waals surface area (Å²) in [7, 11) is 3.59. The van der Waals surface area contributed by atoms with Crippen LogP contribution >= 0.6 is 11.3 Å². The first kappa shape index (κ1) is 16.2. The molecule has 1 aromatic heterocycles. The lowest BCUT2D eigenvalue weighted by Gasteiger charge is -2.42. The summed E-state index contributed by atoms with van der Waals surface area (Å²) in [5.74, 6) is 0.867. The van der Waals surface area contributed by atoms with Gasteiger partial charge in [0.2, 0.25) is 0 Å². The van der Waals surface area contributed by atoms with Gasteiger partial charge in [-0.15, -0.1) is 11.3 Å². The van der Waals surface area contributed by atoms with Crippen LogP contribution in [0.3, 0.4) is 0 Å². The summed E-state index contributed by atoms with van der Waals surface area (Å²) >= 11 is 1.68. The molecule has 0 aliphatic heterocycles. The fourth-order valence-corrected chi connectivity index (χ4v) is 3.38. The molecule has 2 N–H and O–H groups in total. The predicted octanol–water partition coefficient (Wildman–Crippen LogP) is 2.32. The van der Waals surface area contributed by atoms with Crippen LogP contribution in [-0.2, 0) is 11.3 Å². The second-order valence-corrected chi connectivity index (χ2v) is 6.68. The average Bonchev–Trinajstić information content (AvgIpc) is 2.86. The Kier molecular flexibility index (Phi) is 5.99. The predicted molar refractivity (Wildman–Crippen MR) is 87.8 cm³/mol. The number of guanidine groups is 1. The van der Waals surface area contributed by atoms with E-state index in [0.29, 0.717) is 5.41 Å². The van der Waals surface area contributed by atoms with Gasteiger partial charge in [-0.05, 0) is 31.6 Å². The first-order valence-corrected chi connectivity index (χ1v) is 8.39. The highest BCUT2D eigenvalue weighted by Gasteiger charge is 2.36. The van der Waals surface area contributed by atoms with Crippen LogP contribution in [0.4, 0.5) is 0 Å². The first-order valence-electron chi connectivity index (χ1n) is 7.51. The van der Waals surface area contributed by atoms with Gasteiger partial charge < -0.3 is 15.4 Å². The van der Waals surface area contributed by atoms with E-state index in [1.54, 1.807) is 18.4 Å². The lowest BCUT2D eigenvalue weighted by Crippen LogP contribution is -2.46. The minimum atomic E-state index is 0.397. The minimum Gasteiger partial charge on any atom is -0.385 e. The summed E-state index contributed by atoms with van der Waals surface area (Å²) in [5.41, 5.74) is 3.38. The van der Waals surface area contributed by atoms with Gasteiger partial charge in [0.1, 0.15) is 0 Å². The maximum atomic E-state index is 5.24. The topological polar surface area (TPSA) is 58.5 Å². The highest BCUT2D eigenvalue weighted by Crippen LogP contribution is 2.43. The number of aryl methyl sites for hydroxylation is 1. The van der Waals surface area contributed by atoms with E-state index in [-0.39, 0.29) is 0 Å². The van der Waals surface area contributed by atoms with Crippen LogP contribution in [0.5, 0.6) is 0 Å². The molecule has 0 unspecified atom stereocenters. The molecule has 2 rings (SSSR count). The lowest BCUT2D eigenvalue weighted by molar-refractivity contribution is 0.0732. The molecule has 0 aromatic carbocycles. The van der Waals surface area contributed by atoms with Crippen LogP contribution in [0.15, 0.2) is 10.5 Å². The fraction of sp³-hybridized carbons (Fsp3) is 0.733. The molecule has 21 heavy (non-hydrogen) atoms. The number of aliphatic imine (C=N–C) groups is 1. The summed E-state index contributed by atoms with van der Waals surface area (Å²) in [4.78, 5) is 9.83. The first-order chi connectivity index (χ1) is 10.2. The Balaban J connectivity index is 1.78. The SMILES string of the molecule is CN=C(NCc1scnc1C)NCC1(CCOC)CCC1. The average molecular weight is 310 g/mol. The third-order valence-electron chi connectivity index (χ3n) is 4.37. The van der Waals surface area contributed by atoms with E-state index < -0.39 is 0 Å². The Bertz CT molecular complexity index is 468. The van der Waals surface area contributed by atoms with Crippen LogP contribution in [0.25, 0.3) is 0 Å². The van der Waals surface area contributed by atoms with Crippen molar-refractivity contribution in [2.45, 2.75) is 39.2 Å². The van der Waals surface area contributed by atoms with E-state index >= 15 is 0 Å². The van der Waals surface area contributed by atoms with Crippen molar-refractivity contribution >= 4 is 17.3 Å². The molecule has 1 aromatic rings. The number of rotatable bonds is 7. The molecule has 0 radical (unpaired) electrons. The van der Waals surface area contributed by atoms with E-state index in [0.717, 1.165) is 37.8 Å². The largest absolute Gasteiger partial charge is 0.385 e. The van der Waals surface area contributed by atoms with Gasteiger partial charge in [0.15, 0.2) is 5.96 Å². The Labute approximate surface area is 131 Å². The Morgan fingerprint density at radius 1 is 1.48 bits per heavy atom. The molecule has 0 amide bonds. The second kappa shape index (κ2) is 7.75. The van der Waals surface area contributed by atoms with Gasteiger partial charge >= 0.3 is 0 Å². The van der Waals surface area contributed by atoms with Gasteiger partial charge in [-0.2, -0.15) is 0 Å². The highest BCUT2D eigenvalue weighted by atomic mass is 32.1. The third kappa shape index (κ3) is 4.41. The summed E-state index contributed by atoms with van der Waals surface area (Å²) in [6, 6.07) is 0. The van der Waals surface area contributed by atoms with Crippen LogP contribution in [-0.4, -0.2) is 38.3 Å². The van der Waals surface area contributed by atoms with Crippen LogP contribution < -0.4 is 10.6 Å². The summed E-state index contributed by atoms with van der Waals surface area (Å²) in [6.45, 7) is 4.63.